The van der Waals surface area contributed by atoms with Crippen LogP contribution in [0, 0.1) is 19.8 Å². The van der Waals surface area contributed by atoms with E-state index in [0.717, 1.165) is 5.69 Å². The second kappa shape index (κ2) is 8.56. The monoisotopic (exact) mass is 414 g/mol. The summed E-state index contributed by atoms with van der Waals surface area (Å²) in [5.41, 5.74) is 2.68. The largest absolute Gasteiger partial charge is 0.495 e. The van der Waals surface area contributed by atoms with Crippen LogP contribution in [0.2, 0.25) is 0 Å². The summed E-state index contributed by atoms with van der Waals surface area (Å²) in [5.74, 6) is -1.33. The van der Waals surface area contributed by atoms with Gasteiger partial charge in [-0.2, -0.15) is 5.10 Å². The average Bonchev–Trinajstić information content (AvgIpc) is 3.22. The molecule has 1 aromatic carbocycles. The highest BCUT2D eigenvalue weighted by atomic mass is 16.5. The van der Waals surface area contributed by atoms with Crippen LogP contribution in [-0.2, 0) is 26.2 Å². The third kappa shape index (κ3) is 4.14. The average molecular weight is 414 g/mol. The van der Waals surface area contributed by atoms with Crippen molar-refractivity contribution in [2.45, 2.75) is 33.3 Å². The molecule has 1 saturated heterocycles. The number of nitrogens with zero attached hydrogens (tertiary/aromatic N) is 3. The fourth-order valence-electron chi connectivity index (χ4n) is 3.45. The molecule has 3 rings (SSSR count). The van der Waals surface area contributed by atoms with E-state index in [-0.39, 0.29) is 18.9 Å². The normalized spacial score (nSPS) is 17.0. The van der Waals surface area contributed by atoms with Crippen molar-refractivity contribution in [2.75, 3.05) is 23.9 Å². The highest BCUT2D eigenvalue weighted by Crippen LogP contribution is 2.33. The summed E-state index contributed by atoms with van der Waals surface area (Å²) in [6.45, 7) is 5.30. The first-order valence-corrected chi connectivity index (χ1v) is 9.67. The summed E-state index contributed by atoms with van der Waals surface area (Å²) < 4.78 is 12.3. The van der Waals surface area contributed by atoms with E-state index in [1.165, 1.54) is 18.9 Å². The van der Waals surface area contributed by atoms with Gasteiger partial charge in [0.1, 0.15) is 5.75 Å². The minimum Gasteiger partial charge on any atom is -0.495 e. The zero-order valence-corrected chi connectivity index (χ0v) is 17.8. The molecule has 30 heavy (non-hydrogen) atoms. The quantitative estimate of drug-likeness (QED) is 0.725. The molecule has 0 radical (unpaired) electrons. The lowest BCUT2D eigenvalue weighted by Gasteiger charge is -2.20. The van der Waals surface area contributed by atoms with Crippen LogP contribution in [0.15, 0.2) is 24.3 Å². The predicted octanol–water partition coefficient (Wildman–Crippen LogP) is 1.97. The summed E-state index contributed by atoms with van der Waals surface area (Å²) in [4.78, 5) is 39.1. The molecule has 9 nitrogen and oxygen atoms in total. The van der Waals surface area contributed by atoms with Gasteiger partial charge in [0.2, 0.25) is 5.91 Å². The van der Waals surface area contributed by atoms with Crippen molar-refractivity contribution in [3.8, 4) is 5.75 Å². The molecule has 0 aliphatic carbocycles. The van der Waals surface area contributed by atoms with Gasteiger partial charge in [-0.25, -0.2) is 0 Å². The van der Waals surface area contributed by atoms with Gasteiger partial charge in [-0.15, -0.1) is 0 Å². The lowest BCUT2D eigenvalue weighted by molar-refractivity contribution is -0.157. The Morgan fingerprint density at radius 2 is 1.97 bits per heavy atom. The molecule has 2 amide bonds. The maximum absolute atomic E-state index is 12.6. The van der Waals surface area contributed by atoms with Crippen LogP contribution >= 0.6 is 0 Å². The number of aryl methyl sites for hydroxylation is 2. The van der Waals surface area contributed by atoms with E-state index >= 15 is 0 Å². The van der Waals surface area contributed by atoms with E-state index < -0.39 is 23.9 Å². The highest BCUT2D eigenvalue weighted by Gasteiger charge is 2.38. The number of benzene rings is 1. The number of carbonyl (C=O) groups is 3. The Morgan fingerprint density at radius 1 is 1.27 bits per heavy atom. The molecular formula is C21H26N4O5. The zero-order chi connectivity index (χ0) is 22.0. The number of rotatable bonds is 6. The molecule has 2 heterocycles. The standard InChI is InChI=1S/C21H26N4O5/c1-12-19(13(2)24(4)23-12)22-20(27)14(3)30-21(28)15-10-18(26)25(11-15)16-8-6-7-9-17(16)29-5/h6-9,14-15H,10-11H2,1-5H3,(H,22,27)/t14-,15+/m1/s1. The Bertz CT molecular complexity index is 984. The number of hydrogen-bond donors (Lipinski definition) is 1. The molecule has 0 unspecified atom stereocenters. The van der Waals surface area contributed by atoms with Crippen molar-refractivity contribution in [2.24, 2.45) is 13.0 Å². The fraction of sp³-hybridized carbons (Fsp3) is 0.429. The molecule has 0 spiro atoms. The molecular weight excluding hydrogens is 388 g/mol. The lowest BCUT2D eigenvalue weighted by Crippen LogP contribution is -2.33. The van der Waals surface area contributed by atoms with Gasteiger partial charge in [-0.3, -0.25) is 19.1 Å². The van der Waals surface area contributed by atoms with E-state index in [9.17, 15) is 14.4 Å². The molecule has 1 aliphatic rings. The molecule has 1 fully saturated rings. The number of amides is 2. The van der Waals surface area contributed by atoms with Crippen LogP contribution in [-0.4, -0.2) is 47.3 Å². The van der Waals surface area contributed by atoms with Gasteiger partial charge in [0.05, 0.1) is 35.8 Å². The van der Waals surface area contributed by atoms with Gasteiger partial charge >= 0.3 is 5.97 Å². The topological polar surface area (TPSA) is 103 Å². The van der Waals surface area contributed by atoms with E-state index in [1.54, 1.807) is 42.9 Å². The van der Waals surface area contributed by atoms with Crippen molar-refractivity contribution >= 4 is 29.2 Å². The van der Waals surface area contributed by atoms with Crippen molar-refractivity contribution in [1.29, 1.82) is 0 Å². The molecule has 160 valence electrons. The van der Waals surface area contributed by atoms with Gasteiger partial charge < -0.3 is 19.7 Å². The minimum absolute atomic E-state index is 0.0199. The smallest absolute Gasteiger partial charge is 0.312 e. The van der Waals surface area contributed by atoms with Crippen molar-refractivity contribution < 1.29 is 23.9 Å². The minimum atomic E-state index is -1.01. The Morgan fingerprint density at radius 3 is 2.60 bits per heavy atom. The number of esters is 1. The van der Waals surface area contributed by atoms with Crippen LogP contribution in [0.1, 0.15) is 24.7 Å². The first-order valence-electron chi connectivity index (χ1n) is 9.67. The number of para-hydroxylation sites is 2. The van der Waals surface area contributed by atoms with E-state index in [1.807, 2.05) is 6.92 Å². The fourth-order valence-corrected chi connectivity index (χ4v) is 3.45. The molecule has 0 saturated carbocycles. The van der Waals surface area contributed by atoms with Gasteiger partial charge in [0, 0.05) is 20.0 Å². The molecule has 0 bridgehead atoms. The van der Waals surface area contributed by atoms with Crippen molar-refractivity contribution in [3.63, 3.8) is 0 Å². The summed E-state index contributed by atoms with van der Waals surface area (Å²) in [6, 6.07) is 7.12. The van der Waals surface area contributed by atoms with Gasteiger partial charge in [-0.05, 0) is 32.9 Å². The first kappa shape index (κ1) is 21.4. The Balaban J connectivity index is 1.63. The molecule has 9 heteroatoms. The van der Waals surface area contributed by atoms with Gasteiger partial charge in [-0.1, -0.05) is 12.1 Å². The maximum atomic E-state index is 12.6. The van der Waals surface area contributed by atoms with Crippen molar-refractivity contribution in [3.05, 3.63) is 35.7 Å². The molecule has 1 aromatic heterocycles. The van der Waals surface area contributed by atoms with Crippen LogP contribution in [0.3, 0.4) is 0 Å². The summed E-state index contributed by atoms with van der Waals surface area (Å²) >= 11 is 0. The number of methoxy groups -OCH3 is 1. The van der Waals surface area contributed by atoms with Crippen LogP contribution in [0.4, 0.5) is 11.4 Å². The SMILES string of the molecule is COc1ccccc1N1C[C@@H](C(=O)O[C@H](C)C(=O)Nc2c(C)nn(C)c2C)CC1=O. The lowest BCUT2D eigenvalue weighted by atomic mass is 10.1. The number of nitrogens with one attached hydrogen (secondary N) is 1. The second-order valence-electron chi connectivity index (χ2n) is 7.32. The Hall–Kier alpha value is -3.36. The second-order valence-corrected chi connectivity index (χ2v) is 7.32. The highest BCUT2D eigenvalue weighted by molar-refractivity contribution is 6.01. The van der Waals surface area contributed by atoms with Crippen LogP contribution < -0.4 is 15.0 Å². The van der Waals surface area contributed by atoms with Crippen molar-refractivity contribution in [1.82, 2.24) is 9.78 Å². The molecule has 1 N–H and O–H groups in total. The summed E-state index contributed by atoms with van der Waals surface area (Å²) in [6.07, 6.45) is -0.988. The number of hydrogen-bond acceptors (Lipinski definition) is 6. The summed E-state index contributed by atoms with van der Waals surface area (Å²) in [5, 5.41) is 7.01. The van der Waals surface area contributed by atoms with E-state index in [2.05, 4.69) is 10.4 Å². The number of anilines is 2. The Labute approximate surface area is 174 Å². The first-order chi connectivity index (χ1) is 14.2. The maximum Gasteiger partial charge on any atom is 0.312 e. The molecule has 1 aliphatic heterocycles. The third-order valence-corrected chi connectivity index (χ3v) is 5.25. The molecule has 2 atom stereocenters. The summed E-state index contributed by atoms with van der Waals surface area (Å²) in [7, 11) is 3.31. The number of aromatic nitrogens is 2. The number of ether oxygens (including phenoxy) is 2. The molecule has 2 aromatic rings. The Kier molecular flexibility index (Phi) is 6.09. The zero-order valence-electron chi connectivity index (χ0n) is 17.8. The van der Waals surface area contributed by atoms with Crippen LogP contribution in [0.25, 0.3) is 0 Å². The third-order valence-electron chi connectivity index (χ3n) is 5.25. The van der Waals surface area contributed by atoms with E-state index in [0.29, 0.717) is 22.8 Å². The number of carbonyl (C=O) groups excluding carboxylic acids is 3. The predicted molar refractivity (Wildman–Crippen MR) is 110 cm³/mol. The van der Waals surface area contributed by atoms with Crippen LogP contribution in [0.5, 0.6) is 5.75 Å². The van der Waals surface area contributed by atoms with Gasteiger partial charge in [0.25, 0.3) is 5.91 Å². The van der Waals surface area contributed by atoms with Gasteiger partial charge in [0.15, 0.2) is 6.10 Å². The van der Waals surface area contributed by atoms with E-state index in [4.69, 9.17) is 9.47 Å².